The van der Waals surface area contributed by atoms with Gasteiger partial charge in [-0.2, -0.15) is 0 Å². The molecule has 0 unspecified atom stereocenters. The second-order valence-electron chi connectivity index (χ2n) is 7.06. The van der Waals surface area contributed by atoms with Gasteiger partial charge >= 0.3 is 0 Å². The van der Waals surface area contributed by atoms with E-state index >= 15 is 0 Å². The maximum atomic E-state index is 12.0. The third-order valence-electron chi connectivity index (χ3n) is 5.29. The molecule has 1 saturated heterocycles. The number of hydrogen-bond donors (Lipinski definition) is 2. The third kappa shape index (κ3) is 4.89. The Bertz CT molecular complexity index is 1010. The maximum Gasteiger partial charge on any atom is 0.293 e. The van der Waals surface area contributed by atoms with Crippen LogP contribution >= 0.6 is 0 Å². The van der Waals surface area contributed by atoms with Crippen molar-refractivity contribution in [2.45, 2.75) is 23.8 Å². The lowest BCUT2D eigenvalue weighted by Gasteiger charge is -2.28. The molecule has 0 aromatic heterocycles. The summed E-state index contributed by atoms with van der Waals surface area (Å²) in [4.78, 5) is 13.2. The number of nitro groups is 1. The summed E-state index contributed by atoms with van der Waals surface area (Å²) in [5, 5.41) is 14.7. The third-order valence-corrected chi connectivity index (χ3v) is 6.70. The number of likely N-dealkylation sites (tertiary alicyclic amines) is 1. The van der Waals surface area contributed by atoms with Crippen molar-refractivity contribution in [3.8, 4) is 5.75 Å². The van der Waals surface area contributed by atoms with E-state index in [2.05, 4.69) is 14.9 Å². The summed E-state index contributed by atoms with van der Waals surface area (Å²) >= 11 is 0. The quantitative estimate of drug-likeness (QED) is 0.461. The van der Waals surface area contributed by atoms with Gasteiger partial charge in [0, 0.05) is 12.6 Å². The first-order valence-corrected chi connectivity index (χ1v) is 11.2. The molecule has 0 saturated carbocycles. The molecule has 1 atom stereocenters. The average Bonchev–Trinajstić information content (AvgIpc) is 3.28. The van der Waals surface area contributed by atoms with Crippen LogP contribution < -0.4 is 14.8 Å². The van der Waals surface area contributed by atoms with E-state index in [9.17, 15) is 18.5 Å². The summed E-state index contributed by atoms with van der Waals surface area (Å²) in [5.74, 6) is 0.754. The average molecular weight is 435 g/mol. The summed E-state index contributed by atoms with van der Waals surface area (Å²) in [6, 6.07) is 11.7. The van der Waals surface area contributed by atoms with Crippen LogP contribution in [0.25, 0.3) is 0 Å². The largest absolute Gasteiger partial charge is 0.497 e. The molecule has 0 amide bonds. The Morgan fingerprint density at radius 3 is 2.57 bits per heavy atom. The van der Waals surface area contributed by atoms with Crippen molar-refractivity contribution in [3.63, 3.8) is 0 Å². The van der Waals surface area contributed by atoms with Gasteiger partial charge in [-0.25, -0.2) is 13.1 Å². The number of benzene rings is 2. The van der Waals surface area contributed by atoms with Crippen molar-refractivity contribution in [2.24, 2.45) is 0 Å². The molecule has 0 spiro atoms. The van der Waals surface area contributed by atoms with Gasteiger partial charge in [0.25, 0.3) is 5.69 Å². The zero-order valence-corrected chi connectivity index (χ0v) is 17.8. The van der Waals surface area contributed by atoms with Gasteiger partial charge < -0.3 is 10.1 Å². The number of methoxy groups -OCH3 is 1. The highest BCUT2D eigenvalue weighted by molar-refractivity contribution is 7.89. The Labute approximate surface area is 176 Å². The Kier molecular flexibility index (Phi) is 6.91. The Balaban J connectivity index is 1.88. The molecule has 30 heavy (non-hydrogen) atoms. The fourth-order valence-corrected chi connectivity index (χ4v) is 4.41. The molecule has 3 rings (SSSR count). The minimum atomic E-state index is -3.77. The van der Waals surface area contributed by atoms with Crippen LogP contribution in [0.5, 0.6) is 5.75 Å². The molecule has 9 nitrogen and oxygen atoms in total. The second kappa shape index (κ2) is 9.41. The van der Waals surface area contributed by atoms with Crippen LogP contribution in [0.2, 0.25) is 0 Å². The number of ether oxygens (including phenoxy) is 1. The number of nitrogens with zero attached hydrogens (tertiary/aromatic N) is 2. The molecular formula is C20H26N4O5S. The van der Waals surface area contributed by atoms with Crippen molar-refractivity contribution in [1.82, 2.24) is 9.62 Å². The summed E-state index contributed by atoms with van der Waals surface area (Å²) in [6.07, 6.45) is 2.22. The van der Waals surface area contributed by atoms with E-state index in [-0.39, 0.29) is 22.3 Å². The lowest BCUT2D eigenvalue weighted by atomic mass is 10.0. The van der Waals surface area contributed by atoms with Crippen LogP contribution in [-0.4, -0.2) is 52.0 Å². The van der Waals surface area contributed by atoms with Crippen LogP contribution in [0, 0.1) is 10.1 Å². The second-order valence-corrected chi connectivity index (χ2v) is 8.95. The summed E-state index contributed by atoms with van der Waals surface area (Å²) in [5.41, 5.74) is 1.06. The summed E-state index contributed by atoms with van der Waals surface area (Å²) in [6.45, 7) is 2.34. The molecule has 2 N–H and O–H groups in total. The van der Waals surface area contributed by atoms with Gasteiger partial charge in [-0.3, -0.25) is 15.0 Å². The number of anilines is 1. The molecule has 1 aliphatic heterocycles. The Morgan fingerprint density at radius 1 is 1.20 bits per heavy atom. The zero-order valence-electron chi connectivity index (χ0n) is 17.0. The van der Waals surface area contributed by atoms with Crippen LogP contribution in [0.15, 0.2) is 47.4 Å². The van der Waals surface area contributed by atoms with Gasteiger partial charge in [0.1, 0.15) is 11.4 Å². The van der Waals surface area contributed by atoms with Gasteiger partial charge in [-0.15, -0.1) is 0 Å². The predicted molar refractivity (Wildman–Crippen MR) is 114 cm³/mol. The van der Waals surface area contributed by atoms with Gasteiger partial charge in [0.15, 0.2) is 0 Å². The predicted octanol–water partition coefficient (Wildman–Crippen LogP) is 2.76. The minimum absolute atomic E-state index is 0.00271. The van der Waals surface area contributed by atoms with E-state index < -0.39 is 14.9 Å². The molecule has 10 heteroatoms. The zero-order chi connectivity index (χ0) is 21.7. The van der Waals surface area contributed by atoms with Crippen molar-refractivity contribution in [1.29, 1.82) is 0 Å². The molecule has 1 aliphatic rings. The van der Waals surface area contributed by atoms with E-state index in [4.69, 9.17) is 4.74 Å². The molecule has 2 aromatic rings. The normalized spacial score (nSPS) is 15.7. The van der Waals surface area contributed by atoms with Crippen molar-refractivity contribution in [3.05, 3.63) is 58.1 Å². The Morgan fingerprint density at radius 2 is 1.93 bits per heavy atom. The first-order valence-electron chi connectivity index (χ1n) is 9.69. The number of rotatable bonds is 9. The lowest BCUT2D eigenvalue weighted by molar-refractivity contribution is -0.384. The minimum Gasteiger partial charge on any atom is -0.497 e. The van der Waals surface area contributed by atoms with Crippen LogP contribution in [0.1, 0.15) is 24.4 Å². The van der Waals surface area contributed by atoms with Crippen molar-refractivity contribution < 1.29 is 18.1 Å². The lowest BCUT2D eigenvalue weighted by Crippen LogP contribution is -2.31. The molecular weight excluding hydrogens is 408 g/mol. The van der Waals surface area contributed by atoms with E-state index in [0.717, 1.165) is 43.3 Å². The van der Waals surface area contributed by atoms with Gasteiger partial charge in [0.2, 0.25) is 10.0 Å². The van der Waals surface area contributed by atoms with Crippen molar-refractivity contribution >= 4 is 21.4 Å². The van der Waals surface area contributed by atoms with Gasteiger partial charge in [0.05, 0.1) is 23.0 Å². The molecule has 2 aromatic carbocycles. The summed E-state index contributed by atoms with van der Waals surface area (Å²) in [7, 11) is -0.887. The first-order chi connectivity index (χ1) is 14.4. The number of nitro benzene ring substituents is 1. The maximum absolute atomic E-state index is 12.0. The highest BCUT2D eigenvalue weighted by atomic mass is 32.2. The van der Waals surface area contributed by atoms with E-state index in [1.807, 2.05) is 24.3 Å². The molecule has 1 heterocycles. The Hall–Kier alpha value is -2.69. The van der Waals surface area contributed by atoms with Crippen LogP contribution in [-0.2, 0) is 10.0 Å². The highest BCUT2D eigenvalue weighted by Crippen LogP contribution is 2.31. The van der Waals surface area contributed by atoms with Crippen LogP contribution in [0.4, 0.5) is 11.4 Å². The molecule has 0 radical (unpaired) electrons. The number of hydrogen-bond acceptors (Lipinski definition) is 7. The first kappa shape index (κ1) is 22.0. The van der Waals surface area contributed by atoms with Gasteiger partial charge in [-0.05, 0) is 62.8 Å². The highest BCUT2D eigenvalue weighted by Gasteiger charge is 2.26. The van der Waals surface area contributed by atoms with E-state index in [1.54, 1.807) is 7.11 Å². The van der Waals surface area contributed by atoms with Crippen LogP contribution in [0.3, 0.4) is 0 Å². The molecule has 1 fully saturated rings. The fraction of sp³-hybridized carbons (Fsp3) is 0.400. The molecule has 0 bridgehead atoms. The number of nitrogens with one attached hydrogen (secondary N) is 2. The monoisotopic (exact) mass is 434 g/mol. The molecule has 162 valence electrons. The standard InChI is InChI=1S/C20H26N4O5S/c1-21-30(27,28)17-8-9-18(19(13-17)24(25)26)22-14-20(23-10-3-4-11-23)15-6-5-7-16(12-15)29-2/h5-9,12-13,20-22H,3-4,10-11,14H2,1-2H3/t20-/m1/s1. The molecule has 0 aliphatic carbocycles. The topological polar surface area (TPSA) is 114 Å². The van der Waals surface area contributed by atoms with Crippen molar-refractivity contribution in [2.75, 3.05) is 39.1 Å². The van der Waals surface area contributed by atoms with E-state index in [1.165, 1.54) is 19.2 Å². The summed E-state index contributed by atoms with van der Waals surface area (Å²) < 4.78 is 31.5. The smallest absolute Gasteiger partial charge is 0.293 e. The fourth-order valence-electron chi connectivity index (χ4n) is 3.66. The SMILES string of the molecule is CNS(=O)(=O)c1ccc(NC[C@H](c2cccc(OC)c2)N2CCCC2)c([N+](=O)[O-])c1. The number of sulfonamides is 1. The van der Waals surface area contributed by atoms with Gasteiger partial charge in [-0.1, -0.05) is 12.1 Å². The van der Waals surface area contributed by atoms with E-state index in [0.29, 0.717) is 6.54 Å².